The standard InChI is InChI=1S/C17H19N3O5S/c1-17-8-7-14(22)20(17)12(10-26-17)16(24)25-9-13(21)18-19-15(23)11-5-3-2-4-6-11/h2-6,12H,7-10H2,1H3,(H,18,21)(H,19,23)/t12-,17+/m1/s1. The van der Waals surface area contributed by atoms with E-state index in [2.05, 4.69) is 10.9 Å². The van der Waals surface area contributed by atoms with E-state index in [1.165, 1.54) is 0 Å². The Morgan fingerprint density at radius 3 is 2.73 bits per heavy atom. The molecule has 2 fully saturated rings. The zero-order valence-electron chi connectivity index (χ0n) is 14.2. The molecule has 0 aliphatic carbocycles. The summed E-state index contributed by atoms with van der Waals surface area (Å²) in [5, 5.41) is 0. The molecule has 2 aliphatic rings. The lowest BCUT2D eigenvalue weighted by Crippen LogP contribution is -2.48. The predicted octanol–water partition coefficient (Wildman–Crippen LogP) is 0.445. The number of amides is 3. The molecule has 2 saturated heterocycles. The van der Waals surface area contributed by atoms with Crippen LogP contribution in [0.4, 0.5) is 0 Å². The van der Waals surface area contributed by atoms with Crippen LogP contribution in [0.15, 0.2) is 30.3 Å². The summed E-state index contributed by atoms with van der Waals surface area (Å²) in [6.45, 7) is 1.40. The van der Waals surface area contributed by atoms with Crippen molar-refractivity contribution in [1.82, 2.24) is 15.8 Å². The second kappa shape index (κ2) is 7.36. The maximum Gasteiger partial charge on any atom is 0.330 e. The van der Waals surface area contributed by atoms with E-state index in [0.29, 0.717) is 24.2 Å². The van der Waals surface area contributed by atoms with E-state index in [0.717, 1.165) is 0 Å². The molecule has 2 N–H and O–H groups in total. The number of hydrazine groups is 1. The fourth-order valence-electron chi connectivity index (χ4n) is 3.05. The van der Waals surface area contributed by atoms with Crippen LogP contribution in [-0.2, 0) is 19.1 Å². The third kappa shape index (κ3) is 3.67. The van der Waals surface area contributed by atoms with Crippen molar-refractivity contribution in [2.45, 2.75) is 30.7 Å². The van der Waals surface area contributed by atoms with Gasteiger partial charge in [0.2, 0.25) is 5.91 Å². The molecule has 0 aromatic heterocycles. The highest BCUT2D eigenvalue weighted by Crippen LogP contribution is 2.47. The minimum atomic E-state index is -0.674. The quantitative estimate of drug-likeness (QED) is 0.583. The van der Waals surface area contributed by atoms with Crippen molar-refractivity contribution in [2.75, 3.05) is 12.4 Å². The molecule has 1 aromatic rings. The summed E-state index contributed by atoms with van der Waals surface area (Å²) in [5.41, 5.74) is 4.82. The molecule has 3 amide bonds. The number of benzene rings is 1. The molecule has 0 bridgehead atoms. The Kier molecular flexibility index (Phi) is 5.17. The van der Waals surface area contributed by atoms with Gasteiger partial charge in [-0.15, -0.1) is 11.8 Å². The van der Waals surface area contributed by atoms with Gasteiger partial charge in [-0.1, -0.05) is 18.2 Å². The minimum absolute atomic E-state index is 0.0703. The Bertz CT molecular complexity index is 741. The summed E-state index contributed by atoms with van der Waals surface area (Å²) in [6.07, 6.45) is 1.12. The zero-order valence-corrected chi connectivity index (χ0v) is 15.0. The van der Waals surface area contributed by atoms with E-state index >= 15 is 0 Å². The largest absolute Gasteiger partial charge is 0.454 e. The molecule has 1 aromatic carbocycles. The van der Waals surface area contributed by atoms with E-state index in [1.807, 2.05) is 6.92 Å². The molecule has 9 heteroatoms. The van der Waals surface area contributed by atoms with E-state index in [4.69, 9.17) is 4.74 Å². The summed E-state index contributed by atoms with van der Waals surface area (Å²) in [6, 6.07) is 7.70. The lowest BCUT2D eigenvalue weighted by atomic mass is 10.2. The predicted molar refractivity (Wildman–Crippen MR) is 93.7 cm³/mol. The minimum Gasteiger partial charge on any atom is -0.454 e. The Morgan fingerprint density at radius 1 is 1.27 bits per heavy atom. The average Bonchev–Trinajstić information content (AvgIpc) is 3.14. The molecule has 0 saturated carbocycles. The molecule has 26 heavy (non-hydrogen) atoms. The fourth-order valence-corrected chi connectivity index (χ4v) is 4.47. The Morgan fingerprint density at radius 2 is 2.00 bits per heavy atom. The van der Waals surface area contributed by atoms with Crippen molar-refractivity contribution in [2.24, 2.45) is 0 Å². The van der Waals surface area contributed by atoms with Crippen LogP contribution < -0.4 is 10.9 Å². The lowest BCUT2D eigenvalue weighted by molar-refractivity contribution is -0.156. The number of esters is 1. The van der Waals surface area contributed by atoms with Crippen molar-refractivity contribution in [3.63, 3.8) is 0 Å². The monoisotopic (exact) mass is 377 g/mol. The number of carbonyl (C=O) groups is 4. The summed E-state index contributed by atoms with van der Waals surface area (Å²) in [7, 11) is 0. The highest BCUT2D eigenvalue weighted by atomic mass is 32.2. The second-order valence-corrected chi connectivity index (χ2v) is 7.74. The lowest BCUT2D eigenvalue weighted by Gasteiger charge is -2.29. The fraction of sp³-hybridized carbons (Fsp3) is 0.412. The normalized spacial score (nSPS) is 24.1. The summed E-state index contributed by atoms with van der Waals surface area (Å²) >= 11 is 1.55. The van der Waals surface area contributed by atoms with Crippen LogP contribution in [0.2, 0.25) is 0 Å². The number of rotatable bonds is 4. The summed E-state index contributed by atoms with van der Waals surface area (Å²) < 4.78 is 5.02. The molecule has 2 heterocycles. The van der Waals surface area contributed by atoms with Crippen molar-refractivity contribution in [3.8, 4) is 0 Å². The van der Waals surface area contributed by atoms with Gasteiger partial charge in [0.05, 0.1) is 4.87 Å². The number of hydrogen-bond acceptors (Lipinski definition) is 6. The number of nitrogens with zero attached hydrogens (tertiary/aromatic N) is 1. The highest BCUT2D eigenvalue weighted by Gasteiger charge is 2.53. The maximum absolute atomic E-state index is 12.2. The zero-order chi connectivity index (χ0) is 18.7. The van der Waals surface area contributed by atoms with Gasteiger partial charge in [0.25, 0.3) is 11.8 Å². The number of thioether (sulfide) groups is 1. The van der Waals surface area contributed by atoms with Gasteiger partial charge in [-0.25, -0.2) is 4.79 Å². The van der Waals surface area contributed by atoms with Gasteiger partial charge in [-0.05, 0) is 25.5 Å². The average molecular weight is 377 g/mol. The van der Waals surface area contributed by atoms with Crippen molar-refractivity contribution in [1.29, 1.82) is 0 Å². The third-order valence-corrected chi connectivity index (χ3v) is 5.92. The number of ether oxygens (including phenoxy) is 1. The molecule has 2 atom stereocenters. The van der Waals surface area contributed by atoms with E-state index in [-0.39, 0.29) is 10.8 Å². The topological polar surface area (TPSA) is 105 Å². The van der Waals surface area contributed by atoms with E-state index < -0.39 is 30.4 Å². The van der Waals surface area contributed by atoms with Crippen molar-refractivity contribution >= 4 is 35.5 Å². The van der Waals surface area contributed by atoms with Crippen molar-refractivity contribution < 1.29 is 23.9 Å². The van der Waals surface area contributed by atoms with Crippen LogP contribution >= 0.6 is 11.8 Å². The number of hydrogen-bond donors (Lipinski definition) is 2. The SMILES string of the molecule is C[C@]12CCC(=O)N1[C@@H](C(=O)OCC(=O)NNC(=O)c1ccccc1)CS2. The molecule has 2 aliphatic heterocycles. The van der Waals surface area contributed by atoms with Gasteiger partial charge in [0.15, 0.2) is 6.61 Å². The Hall–Kier alpha value is -2.55. The van der Waals surface area contributed by atoms with Gasteiger partial charge in [-0.3, -0.25) is 25.2 Å². The number of nitrogens with one attached hydrogen (secondary N) is 2. The van der Waals surface area contributed by atoms with Gasteiger partial charge < -0.3 is 9.64 Å². The van der Waals surface area contributed by atoms with Crippen molar-refractivity contribution in [3.05, 3.63) is 35.9 Å². The van der Waals surface area contributed by atoms with Gasteiger partial charge in [-0.2, -0.15) is 0 Å². The molecule has 0 spiro atoms. The molecular weight excluding hydrogens is 358 g/mol. The summed E-state index contributed by atoms with van der Waals surface area (Å²) in [5.74, 6) is -1.37. The molecule has 138 valence electrons. The van der Waals surface area contributed by atoms with Crippen LogP contribution in [0.5, 0.6) is 0 Å². The Balaban J connectivity index is 1.45. The summed E-state index contributed by atoms with van der Waals surface area (Å²) in [4.78, 5) is 49.0. The molecular formula is C17H19N3O5S. The third-order valence-electron chi connectivity index (χ3n) is 4.41. The van der Waals surface area contributed by atoms with Crippen LogP contribution in [0.25, 0.3) is 0 Å². The van der Waals surface area contributed by atoms with Gasteiger partial charge in [0.1, 0.15) is 6.04 Å². The van der Waals surface area contributed by atoms with Gasteiger partial charge >= 0.3 is 5.97 Å². The van der Waals surface area contributed by atoms with Crippen LogP contribution in [0.3, 0.4) is 0 Å². The highest BCUT2D eigenvalue weighted by molar-refractivity contribution is 8.01. The molecule has 0 radical (unpaired) electrons. The number of carbonyl (C=O) groups excluding carboxylic acids is 4. The van der Waals surface area contributed by atoms with E-state index in [9.17, 15) is 19.2 Å². The first-order chi connectivity index (χ1) is 12.4. The smallest absolute Gasteiger partial charge is 0.330 e. The first-order valence-electron chi connectivity index (χ1n) is 8.18. The first kappa shape index (κ1) is 18.2. The van der Waals surface area contributed by atoms with Gasteiger partial charge in [0, 0.05) is 17.7 Å². The Labute approximate surface area is 154 Å². The molecule has 8 nitrogen and oxygen atoms in total. The van der Waals surface area contributed by atoms with E-state index in [1.54, 1.807) is 47.0 Å². The maximum atomic E-state index is 12.2. The first-order valence-corrected chi connectivity index (χ1v) is 9.16. The van der Waals surface area contributed by atoms with Crippen LogP contribution in [0, 0.1) is 0 Å². The second-order valence-electron chi connectivity index (χ2n) is 6.24. The van der Waals surface area contributed by atoms with Crippen LogP contribution in [-0.4, -0.2) is 51.9 Å². The molecule has 3 rings (SSSR count). The number of fused-ring (bicyclic) bond motifs is 1. The molecule has 0 unspecified atom stereocenters. The van der Waals surface area contributed by atoms with Crippen LogP contribution in [0.1, 0.15) is 30.1 Å².